The van der Waals surface area contributed by atoms with Gasteiger partial charge in [-0.2, -0.15) is 0 Å². The predicted octanol–water partition coefficient (Wildman–Crippen LogP) is 4.94. The van der Waals surface area contributed by atoms with Gasteiger partial charge < -0.3 is 9.67 Å². The van der Waals surface area contributed by atoms with Gasteiger partial charge in [-0.3, -0.25) is 0 Å². The minimum atomic E-state index is -0.268. The Morgan fingerprint density at radius 3 is 2.52 bits per heavy atom. The summed E-state index contributed by atoms with van der Waals surface area (Å²) in [7, 11) is 0. The molecule has 0 aromatic carbocycles. The van der Waals surface area contributed by atoms with Crippen molar-refractivity contribution in [3.63, 3.8) is 0 Å². The average molecular weight is 289 g/mol. The normalized spacial score (nSPS) is 32.0. The predicted molar refractivity (Wildman–Crippen MR) is 87.5 cm³/mol. The monoisotopic (exact) mass is 289 g/mol. The summed E-state index contributed by atoms with van der Waals surface area (Å²) >= 11 is 0. The fourth-order valence-electron chi connectivity index (χ4n) is 4.68. The van der Waals surface area contributed by atoms with Gasteiger partial charge in [-0.1, -0.05) is 27.2 Å². The second kappa shape index (κ2) is 5.46. The van der Waals surface area contributed by atoms with Crippen LogP contribution in [-0.2, 0) is 6.42 Å². The number of aliphatic hydroxyl groups is 1. The summed E-state index contributed by atoms with van der Waals surface area (Å²) < 4.78 is 2.59. The van der Waals surface area contributed by atoms with E-state index in [0.717, 1.165) is 18.8 Å². The Labute approximate surface area is 129 Å². The van der Waals surface area contributed by atoms with Gasteiger partial charge in [0.05, 0.1) is 6.10 Å². The summed E-state index contributed by atoms with van der Waals surface area (Å²) in [5.41, 5.74) is 4.22. The first-order chi connectivity index (χ1) is 9.91. The number of fused-ring (bicyclic) bond motifs is 1. The molecule has 2 heteroatoms. The topological polar surface area (TPSA) is 25.2 Å². The third-order valence-corrected chi connectivity index (χ3v) is 5.88. The van der Waals surface area contributed by atoms with Crippen molar-refractivity contribution >= 4 is 0 Å². The van der Waals surface area contributed by atoms with Gasteiger partial charge in [-0.15, -0.1) is 0 Å². The molecule has 0 amide bonds. The van der Waals surface area contributed by atoms with E-state index in [-0.39, 0.29) is 11.5 Å². The molecule has 2 aliphatic carbocycles. The maximum atomic E-state index is 10.5. The zero-order valence-electron chi connectivity index (χ0n) is 14.2. The van der Waals surface area contributed by atoms with E-state index in [9.17, 15) is 5.11 Å². The van der Waals surface area contributed by atoms with Crippen molar-refractivity contribution in [1.82, 2.24) is 4.57 Å². The lowest BCUT2D eigenvalue weighted by Crippen LogP contribution is -2.29. The van der Waals surface area contributed by atoms with Crippen LogP contribution in [-0.4, -0.2) is 9.67 Å². The number of aliphatic hydroxyl groups excluding tert-OH is 1. The molecule has 0 aliphatic heterocycles. The van der Waals surface area contributed by atoms with Crippen molar-refractivity contribution in [3.05, 3.63) is 23.0 Å². The maximum Gasteiger partial charge on any atom is 0.0812 e. The first kappa shape index (κ1) is 15.1. The molecule has 1 aromatic rings. The van der Waals surface area contributed by atoms with Crippen LogP contribution in [0.3, 0.4) is 0 Å². The molecule has 1 atom stereocenters. The minimum Gasteiger partial charge on any atom is -0.388 e. The molecular formula is C19H31NO. The van der Waals surface area contributed by atoms with Gasteiger partial charge in [-0.25, -0.2) is 0 Å². The van der Waals surface area contributed by atoms with Crippen LogP contribution in [0.15, 0.2) is 6.07 Å². The fraction of sp³-hybridized carbons (Fsp3) is 0.789. The SMILES string of the molecule is CCC1CCC(n2c(C)cc3c2CC(C)(C)CC3O)CC1. The number of aryl methyl sites for hydroxylation is 1. The van der Waals surface area contributed by atoms with Crippen LogP contribution < -0.4 is 0 Å². The Morgan fingerprint density at radius 1 is 1.24 bits per heavy atom. The van der Waals surface area contributed by atoms with E-state index in [2.05, 4.69) is 38.3 Å². The molecule has 1 N–H and O–H groups in total. The molecule has 3 rings (SSSR count). The third kappa shape index (κ3) is 2.79. The zero-order valence-corrected chi connectivity index (χ0v) is 14.2. The van der Waals surface area contributed by atoms with Crippen molar-refractivity contribution in [3.8, 4) is 0 Å². The molecule has 0 bridgehead atoms. The Morgan fingerprint density at radius 2 is 1.90 bits per heavy atom. The van der Waals surface area contributed by atoms with E-state index in [0.29, 0.717) is 6.04 Å². The second-order valence-electron chi connectivity index (χ2n) is 8.20. The van der Waals surface area contributed by atoms with Gasteiger partial charge >= 0.3 is 0 Å². The second-order valence-corrected chi connectivity index (χ2v) is 8.20. The van der Waals surface area contributed by atoms with Crippen LogP contribution >= 0.6 is 0 Å². The van der Waals surface area contributed by atoms with E-state index < -0.39 is 0 Å². The molecule has 1 unspecified atom stereocenters. The first-order valence-electron chi connectivity index (χ1n) is 8.80. The molecule has 1 fully saturated rings. The summed E-state index contributed by atoms with van der Waals surface area (Å²) in [5, 5.41) is 10.5. The molecule has 0 radical (unpaired) electrons. The smallest absolute Gasteiger partial charge is 0.0812 e. The van der Waals surface area contributed by atoms with Gasteiger partial charge in [0.15, 0.2) is 0 Å². The van der Waals surface area contributed by atoms with E-state index in [1.165, 1.54) is 49.1 Å². The molecule has 0 saturated heterocycles. The van der Waals surface area contributed by atoms with E-state index in [1.807, 2.05) is 0 Å². The van der Waals surface area contributed by atoms with Gasteiger partial charge in [0.25, 0.3) is 0 Å². The van der Waals surface area contributed by atoms with Gasteiger partial charge in [0.1, 0.15) is 0 Å². The Hall–Kier alpha value is -0.760. The van der Waals surface area contributed by atoms with Crippen LogP contribution in [0.1, 0.15) is 88.4 Å². The molecule has 21 heavy (non-hydrogen) atoms. The quantitative estimate of drug-likeness (QED) is 0.819. The molecule has 2 aliphatic rings. The van der Waals surface area contributed by atoms with Gasteiger partial charge in [0.2, 0.25) is 0 Å². The molecule has 118 valence electrons. The molecule has 1 aromatic heterocycles. The lowest BCUT2D eigenvalue weighted by atomic mass is 9.75. The molecular weight excluding hydrogens is 258 g/mol. The first-order valence-corrected chi connectivity index (χ1v) is 8.80. The highest BCUT2D eigenvalue weighted by Crippen LogP contribution is 2.45. The number of hydrogen-bond acceptors (Lipinski definition) is 1. The lowest BCUT2D eigenvalue weighted by Gasteiger charge is -2.37. The highest BCUT2D eigenvalue weighted by Gasteiger charge is 2.35. The summed E-state index contributed by atoms with van der Waals surface area (Å²) in [5.74, 6) is 0.940. The van der Waals surface area contributed by atoms with Crippen LogP contribution in [0, 0.1) is 18.3 Å². The Bertz CT molecular complexity index is 506. The van der Waals surface area contributed by atoms with Crippen LogP contribution in [0.2, 0.25) is 0 Å². The number of rotatable bonds is 2. The minimum absolute atomic E-state index is 0.218. The summed E-state index contributed by atoms with van der Waals surface area (Å²) in [6.07, 6.45) is 8.46. The van der Waals surface area contributed by atoms with Crippen LogP contribution in [0.4, 0.5) is 0 Å². The lowest BCUT2D eigenvalue weighted by molar-refractivity contribution is 0.0967. The molecule has 1 saturated carbocycles. The largest absolute Gasteiger partial charge is 0.388 e. The van der Waals surface area contributed by atoms with Crippen molar-refractivity contribution < 1.29 is 5.11 Å². The number of hydrogen-bond donors (Lipinski definition) is 1. The average Bonchev–Trinajstić information content (AvgIpc) is 2.74. The van der Waals surface area contributed by atoms with E-state index >= 15 is 0 Å². The zero-order chi connectivity index (χ0) is 15.2. The maximum absolute atomic E-state index is 10.5. The van der Waals surface area contributed by atoms with Crippen molar-refractivity contribution in [2.45, 2.75) is 84.8 Å². The highest BCUT2D eigenvalue weighted by molar-refractivity contribution is 5.34. The van der Waals surface area contributed by atoms with Crippen molar-refractivity contribution in [2.75, 3.05) is 0 Å². The summed E-state index contributed by atoms with van der Waals surface area (Å²) in [4.78, 5) is 0. The third-order valence-electron chi connectivity index (χ3n) is 5.88. The van der Waals surface area contributed by atoms with E-state index in [4.69, 9.17) is 0 Å². The summed E-state index contributed by atoms with van der Waals surface area (Å²) in [6.45, 7) is 9.14. The van der Waals surface area contributed by atoms with Gasteiger partial charge in [0, 0.05) is 23.0 Å². The Kier molecular flexibility index (Phi) is 3.94. The Balaban J connectivity index is 1.90. The number of nitrogens with zero attached hydrogens (tertiary/aromatic N) is 1. The van der Waals surface area contributed by atoms with Crippen molar-refractivity contribution in [2.24, 2.45) is 11.3 Å². The van der Waals surface area contributed by atoms with E-state index in [1.54, 1.807) is 0 Å². The standard InChI is InChI=1S/C19H31NO/c1-5-14-6-8-15(9-7-14)20-13(2)10-16-17(20)11-19(3,4)12-18(16)21/h10,14-15,18,21H,5-9,11-12H2,1-4H3. The van der Waals surface area contributed by atoms with Gasteiger partial charge in [-0.05, 0) is 62.8 Å². The molecule has 2 nitrogen and oxygen atoms in total. The number of aromatic nitrogens is 1. The fourth-order valence-corrected chi connectivity index (χ4v) is 4.68. The molecule has 0 spiro atoms. The molecule has 1 heterocycles. The van der Waals surface area contributed by atoms with Crippen molar-refractivity contribution in [1.29, 1.82) is 0 Å². The van der Waals surface area contributed by atoms with Crippen LogP contribution in [0.25, 0.3) is 0 Å². The van der Waals surface area contributed by atoms with Crippen LogP contribution in [0.5, 0.6) is 0 Å². The highest BCUT2D eigenvalue weighted by atomic mass is 16.3. The summed E-state index contributed by atoms with van der Waals surface area (Å²) in [6, 6.07) is 2.92.